The first-order valence-electron chi connectivity index (χ1n) is 9.14. The monoisotopic (exact) mass is 340 g/mol. The van der Waals surface area contributed by atoms with Crippen molar-refractivity contribution in [3.63, 3.8) is 0 Å². The molecule has 4 rings (SSSR count). The number of likely N-dealkylation sites (tertiary alicyclic amines) is 1. The van der Waals surface area contributed by atoms with Gasteiger partial charge in [-0.1, -0.05) is 29.4 Å². The first-order valence-corrected chi connectivity index (χ1v) is 9.14. The van der Waals surface area contributed by atoms with Crippen molar-refractivity contribution in [1.29, 1.82) is 0 Å². The van der Waals surface area contributed by atoms with Crippen LogP contribution in [-0.2, 0) is 6.42 Å². The van der Waals surface area contributed by atoms with Crippen molar-refractivity contribution < 1.29 is 9.32 Å². The zero-order chi connectivity index (χ0) is 17.2. The van der Waals surface area contributed by atoms with Gasteiger partial charge in [-0.15, -0.1) is 0 Å². The Bertz CT molecular complexity index is 749. The predicted octanol–water partition coefficient (Wildman–Crippen LogP) is 3.34. The van der Waals surface area contributed by atoms with Crippen LogP contribution in [0.2, 0.25) is 0 Å². The Balaban J connectivity index is 1.35. The van der Waals surface area contributed by atoms with E-state index in [1.807, 2.05) is 11.8 Å². The van der Waals surface area contributed by atoms with E-state index in [9.17, 15) is 4.79 Å². The van der Waals surface area contributed by atoms with Gasteiger partial charge in [0.2, 0.25) is 5.89 Å². The van der Waals surface area contributed by atoms with Crippen molar-refractivity contribution in [2.75, 3.05) is 13.1 Å². The van der Waals surface area contributed by atoms with Crippen LogP contribution in [0.4, 0.5) is 4.79 Å². The number of piperidine rings is 1. The summed E-state index contributed by atoms with van der Waals surface area (Å²) in [6.07, 6.45) is 4.99. The molecule has 1 saturated heterocycles. The van der Waals surface area contributed by atoms with E-state index >= 15 is 0 Å². The number of carbonyl (C=O) groups excluding carboxylic acids is 1. The molecule has 1 aromatic carbocycles. The van der Waals surface area contributed by atoms with E-state index in [1.54, 1.807) is 0 Å². The van der Waals surface area contributed by atoms with Crippen molar-refractivity contribution in [3.8, 4) is 0 Å². The van der Waals surface area contributed by atoms with Crippen LogP contribution >= 0.6 is 0 Å². The summed E-state index contributed by atoms with van der Waals surface area (Å²) in [7, 11) is 0. The van der Waals surface area contributed by atoms with E-state index in [2.05, 4.69) is 39.7 Å². The molecule has 6 heteroatoms. The quantitative estimate of drug-likeness (QED) is 0.910. The largest absolute Gasteiger partial charge is 0.339 e. The maximum Gasteiger partial charge on any atom is 0.317 e. The van der Waals surface area contributed by atoms with Gasteiger partial charge in [-0.05, 0) is 50.2 Å². The van der Waals surface area contributed by atoms with Gasteiger partial charge in [0, 0.05) is 19.0 Å². The normalized spacial score (nSPS) is 21.0. The second-order valence-corrected chi connectivity index (χ2v) is 7.03. The van der Waals surface area contributed by atoms with Crippen LogP contribution in [0.1, 0.15) is 60.5 Å². The number of fused-ring (bicyclic) bond motifs is 1. The highest BCUT2D eigenvalue weighted by Crippen LogP contribution is 2.30. The molecular formula is C19H24N4O2. The van der Waals surface area contributed by atoms with E-state index in [1.165, 1.54) is 11.1 Å². The van der Waals surface area contributed by atoms with Gasteiger partial charge in [0.25, 0.3) is 0 Å². The lowest BCUT2D eigenvalue weighted by Gasteiger charge is -2.33. The van der Waals surface area contributed by atoms with Crippen LogP contribution in [0.3, 0.4) is 0 Å². The fourth-order valence-electron chi connectivity index (χ4n) is 3.95. The molecular weight excluding hydrogens is 316 g/mol. The standard InChI is InChI=1S/C19H24N4O2/c1-13-20-18(25-22-13)15-9-11-23(12-10-15)19(24)21-17-8-4-6-14-5-2-3-7-16(14)17/h2-3,5,7,15,17H,4,6,8-12H2,1H3,(H,21,24)/t17-/m1/s1. The molecule has 2 aliphatic rings. The molecule has 2 amide bonds. The molecule has 1 fully saturated rings. The number of nitrogens with zero attached hydrogens (tertiary/aromatic N) is 3. The minimum Gasteiger partial charge on any atom is -0.339 e. The van der Waals surface area contributed by atoms with E-state index in [0.717, 1.165) is 45.2 Å². The molecule has 6 nitrogen and oxygen atoms in total. The third-order valence-corrected chi connectivity index (χ3v) is 5.34. The molecule has 0 unspecified atom stereocenters. The molecule has 2 aromatic rings. The molecule has 0 saturated carbocycles. The summed E-state index contributed by atoms with van der Waals surface area (Å²) in [4.78, 5) is 18.9. The van der Waals surface area contributed by atoms with Crippen LogP contribution < -0.4 is 5.32 Å². The van der Waals surface area contributed by atoms with Gasteiger partial charge >= 0.3 is 6.03 Å². The van der Waals surface area contributed by atoms with Crippen molar-refractivity contribution in [1.82, 2.24) is 20.4 Å². The lowest BCUT2D eigenvalue weighted by molar-refractivity contribution is 0.170. The highest BCUT2D eigenvalue weighted by atomic mass is 16.5. The summed E-state index contributed by atoms with van der Waals surface area (Å²) >= 11 is 0. The average molecular weight is 340 g/mol. The number of hydrogen-bond acceptors (Lipinski definition) is 4. The topological polar surface area (TPSA) is 71.3 Å². The van der Waals surface area contributed by atoms with Crippen LogP contribution in [0, 0.1) is 6.92 Å². The van der Waals surface area contributed by atoms with E-state index < -0.39 is 0 Å². The molecule has 1 N–H and O–H groups in total. The minimum atomic E-state index is 0.0434. The first-order chi connectivity index (χ1) is 12.2. The Morgan fingerprint density at radius 2 is 2.04 bits per heavy atom. The maximum absolute atomic E-state index is 12.7. The molecule has 1 aliphatic carbocycles. The molecule has 25 heavy (non-hydrogen) atoms. The second kappa shape index (κ2) is 6.86. The van der Waals surface area contributed by atoms with Gasteiger partial charge in [-0.25, -0.2) is 4.79 Å². The van der Waals surface area contributed by atoms with Gasteiger partial charge in [-0.3, -0.25) is 0 Å². The fraction of sp³-hybridized carbons (Fsp3) is 0.526. The van der Waals surface area contributed by atoms with Gasteiger partial charge < -0.3 is 14.7 Å². The van der Waals surface area contributed by atoms with Crippen molar-refractivity contribution >= 4 is 6.03 Å². The van der Waals surface area contributed by atoms with Crippen LogP contribution in [-0.4, -0.2) is 34.2 Å². The van der Waals surface area contributed by atoms with E-state index in [0.29, 0.717) is 11.7 Å². The van der Waals surface area contributed by atoms with Crippen LogP contribution in [0.5, 0.6) is 0 Å². The SMILES string of the molecule is Cc1noc(C2CCN(C(=O)N[C@@H]3CCCc4ccccc43)CC2)n1. The lowest BCUT2D eigenvalue weighted by atomic mass is 9.88. The van der Waals surface area contributed by atoms with Crippen LogP contribution in [0.15, 0.2) is 28.8 Å². The predicted molar refractivity (Wildman–Crippen MR) is 93.2 cm³/mol. The van der Waals surface area contributed by atoms with E-state index in [-0.39, 0.29) is 18.0 Å². The lowest BCUT2D eigenvalue weighted by Crippen LogP contribution is -2.45. The summed E-state index contributed by atoms with van der Waals surface area (Å²) in [6.45, 7) is 3.29. The Labute approximate surface area is 147 Å². The number of benzene rings is 1. The second-order valence-electron chi connectivity index (χ2n) is 7.03. The molecule has 1 atom stereocenters. The number of urea groups is 1. The minimum absolute atomic E-state index is 0.0434. The Hall–Kier alpha value is -2.37. The maximum atomic E-state index is 12.7. The number of nitrogens with one attached hydrogen (secondary N) is 1. The number of aryl methyl sites for hydroxylation is 2. The third kappa shape index (κ3) is 3.38. The number of hydrogen-bond donors (Lipinski definition) is 1. The van der Waals surface area contributed by atoms with Gasteiger partial charge in [0.05, 0.1) is 6.04 Å². The van der Waals surface area contributed by atoms with Gasteiger partial charge in [-0.2, -0.15) is 4.98 Å². The molecule has 1 aliphatic heterocycles. The number of aromatic nitrogens is 2. The highest BCUT2D eigenvalue weighted by Gasteiger charge is 2.29. The smallest absolute Gasteiger partial charge is 0.317 e. The van der Waals surface area contributed by atoms with Gasteiger partial charge in [0.1, 0.15) is 0 Å². The molecule has 0 radical (unpaired) electrons. The Morgan fingerprint density at radius 3 is 2.80 bits per heavy atom. The Kier molecular flexibility index (Phi) is 4.42. The number of amides is 2. The summed E-state index contributed by atoms with van der Waals surface area (Å²) in [5.41, 5.74) is 2.64. The zero-order valence-corrected chi connectivity index (χ0v) is 14.6. The highest BCUT2D eigenvalue weighted by molar-refractivity contribution is 5.75. The van der Waals surface area contributed by atoms with Crippen molar-refractivity contribution in [2.45, 2.75) is 51.0 Å². The van der Waals surface area contributed by atoms with Crippen molar-refractivity contribution in [3.05, 3.63) is 47.1 Å². The number of rotatable bonds is 2. The Morgan fingerprint density at radius 1 is 1.24 bits per heavy atom. The molecule has 1 aromatic heterocycles. The average Bonchev–Trinajstić information content (AvgIpc) is 3.08. The zero-order valence-electron chi connectivity index (χ0n) is 14.6. The summed E-state index contributed by atoms with van der Waals surface area (Å²) in [5.74, 6) is 1.64. The van der Waals surface area contributed by atoms with E-state index in [4.69, 9.17) is 4.52 Å². The third-order valence-electron chi connectivity index (χ3n) is 5.34. The fourth-order valence-corrected chi connectivity index (χ4v) is 3.95. The molecule has 0 bridgehead atoms. The van der Waals surface area contributed by atoms with Crippen LogP contribution in [0.25, 0.3) is 0 Å². The van der Waals surface area contributed by atoms with Gasteiger partial charge in [0.15, 0.2) is 5.82 Å². The number of carbonyl (C=O) groups is 1. The first kappa shape index (κ1) is 16.1. The summed E-state index contributed by atoms with van der Waals surface area (Å²) < 4.78 is 5.28. The summed E-state index contributed by atoms with van der Waals surface area (Å²) in [5, 5.41) is 7.10. The molecule has 2 heterocycles. The molecule has 132 valence electrons. The summed E-state index contributed by atoms with van der Waals surface area (Å²) in [6, 6.07) is 8.62. The molecule has 0 spiro atoms. The van der Waals surface area contributed by atoms with Crippen molar-refractivity contribution in [2.24, 2.45) is 0 Å².